The monoisotopic (exact) mass is 482 g/mol. The van der Waals surface area contributed by atoms with Gasteiger partial charge in [0.2, 0.25) is 5.28 Å². The molecule has 0 spiro atoms. The number of aromatic nitrogens is 4. The second-order valence-electron chi connectivity index (χ2n) is 7.72. The Morgan fingerprint density at radius 3 is 2.76 bits per heavy atom. The topological polar surface area (TPSA) is 93.1 Å². The van der Waals surface area contributed by atoms with E-state index in [1.807, 2.05) is 31.2 Å². The highest BCUT2D eigenvalue weighted by Crippen LogP contribution is 2.31. The van der Waals surface area contributed by atoms with Crippen molar-refractivity contribution in [3.8, 4) is 0 Å². The summed E-state index contributed by atoms with van der Waals surface area (Å²) in [5, 5.41) is 5.41. The van der Waals surface area contributed by atoms with Crippen molar-refractivity contribution in [1.82, 2.24) is 24.8 Å². The molecule has 1 aromatic carbocycles. The number of carbonyl (C=O) groups is 1. The molecule has 0 saturated carbocycles. The number of carbonyl (C=O) groups excluding carboxylic acids is 1. The smallest absolute Gasteiger partial charge is 0.273 e. The SMILES string of the molecule is C[C@H](Nc1nc(Cl)nc2cccnc12)c1cc2cccc(Cl)c2c(C(=O)N2CCOCC2)n1. The molecule has 1 aliphatic heterocycles. The lowest BCUT2D eigenvalue weighted by Crippen LogP contribution is -2.41. The predicted octanol–water partition coefficient (Wildman–Crippen LogP) is 4.53. The first kappa shape index (κ1) is 21.8. The van der Waals surface area contributed by atoms with E-state index in [4.69, 9.17) is 32.9 Å². The number of ether oxygens (including phenoxy) is 1. The van der Waals surface area contributed by atoms with Gasteiger partial charge in [0.15, 0.2) is 5.82 Å². The normalized spacial score (nSPS) is 15.1. The number of fused-ring (bicyclic) bond motifs is 2. The predicted molar refractivity (Wildman–Crippen MR) is 128 cm³/mol. The molecule has 4 heterocycles. The van der Waals surface area contributed by atoms with Gasteiger partial charge in [0.1, 0.15) is 11.2 Å². The highest BCUT2D eigenvalue weighted by molar-refractivity contribution is 6.36. The zero-order valence-corrected chi connectivity index (χ0v) is 19.3. The number of rotatable bonds is 4. The molecule has 1 N–H and O–H groups in total. The van der Waals surface area contributed by atoms with Gasteiger partial charge < -0.3 is 15.0 Å². The lowest BCUT2D eigenvalue weighted by Gasteiger charge is -2.27. The lowest BCUT2D eigenvalue weighted by molar-refractivity contribution is 0.0300. The number of hydrogen-bond donors (Lipinski definition) is 1. The number of amides is 1. The molecule has 33 heavy (non-hydrogen) atoms. The van der Waals surface area contributed by atoms with Gasteiger partial charge in [-0.3, -0.25) is 9.78 Å². The van der Waals surface area contributed by atoms with E-state index < -0.39 is 0 Å². The first-order chi connectivity index (χ1) is 16.0. The van der Waals surface area contributed by atoms with E-state index in [0.29, 0.717) is 65.0 Å². The maximum Gasteiger partial charge on any atom is 0.273 e. The molecule has 1 aliphatic rings. The van der Waals surface area contributed by atoms with Crippen molar-refractivity contribution in [1.29, 1.82) is 0 Å². The minimum Gasteiger partial charge on any atom is -0.378 e. The van der Waals surface area contributed by atoms with Crippen LogP contribution in [0.15, 0.2) is 42.6 Å². The third kappa shape index (κ3) is 4.29. The van der Waals surface area contributed by atoms with Gasteiger partial charge >= 0.3 is 0 Å². The number of nitrogens with one attached hydrogen (secondary N) is 1. The van der Waals surface area contributed by atoms with Gasteiger partial charge in [-0.05, 0) is 48.2 Å². The van der Waals surface area contributed by atoms with E-state index >= 15 is 0 Å². The number of benzene rings is 1. The molecule has 0 aliphatic carbocycles. The molecule has 3 aromatic heterocycles. The van der Waals surface area contributed by atoms with Crippen molar-refractivity contribution in [2.75, 3.05) is 31.6 Å². The highest BCUT2D eigenvalue weighted by atomic mass is 35.5. The molecule has 1 saturated heterocycles. The summed E-state index contributed by atoms with van der Waals surface area (Å²) in [4.78, 5) is 32.8. The largest absolute Gasteiger partial charge is 0.378 e. The quantitative estimate of drug-likeness (QED) is 0.427. The van der Waals surface area contributed by atoms with Gasteiger partial charge in [-0.25, -0.2) is 9.97 Å². The second kappa shape index (κ2) is 9.05. The van der Waals surface area contributed by atoms with Gasteiger partial charge in [0.05, 0.1) is 35.5 Å². The van der Waals surface area contributed by atoms with Crippen molar-refractivity contribution in [2.45, 2.75) is 13.0 Å². The van der Waals surface area contributed by atoms with Crippen LogP contribution < -0.4 is 5.32 Å². The van der Waals surface area contributed by atoms with E-state index in [0.717, 1.165) is 5.39 Å². The summed E-state index contributed by atoms with van der Waals surface area (Å²) in [6.45, 7) is 3.98. The van der Waals surface area contributed by atoms with Gasteiger partial charge in [-0.15, -0.1) is 0 Å². The average molecular weight is 483 g/mol. The number of morpholine rings is 1. The Morgan fingerprint density at radius 1 is 1.12 bits per heavy atom. The molecular weight excluding hydrogens is 463 g/mol. The minimum atomic E-state index is -0.305. The number of halogens is 2. The Kier molecular flexibility index (Phi) is 5.97. The molecule has 0 radical (unpaired) electrons. The zero-order valence-electron chi connectivity index (χ0n) is 17.8. The first-order valence-corrected chi connectivity index (χ1v) is 11.3. The fraction of sp³-hybridized carbons (Fsp3) is 0.261. The van der Waals surface area contributed by atoms with Crippen molar-refractivity contribution in [2.24, 2.45) is 0 Å². The molecule has 8 nitrogen and oxygen atoms in total. The van der Waals surface area contributed by atoms with Crippen LogP contribution in [0.5, 0.6) is 0 Å². The molecule has 10 heteroatoms. The molecule has 1 atom stereocenters. The molecule has 1 amide bonds. The molecule has 5 rings (SSSR count). The van der Waals surface area contributed by atoms with Crippen molar-refractivity contribution in [3.63, 3.8) is 0 Å². The van der Waals surface area contributed by atoms with Crippen LogP contribution in [-0.2, 0) is 4.74 Å². The summed E-state index contributed by atoms with van der Waals surface area (Å²) in [5.74, 6) is 0.329. The van der Waals surface area contributed by atoms with Crippen LogP contribution in [0.2, 0.25) is 10.3 Å². The van der Waals surface area contributed by atoms with Crippen LogP contribution in [0.3, 0.4) is 0 Å². The number of pyridine rings is 2. The summed E-state index contributed by atoms with van der Waals surface area (Å²) < 4.78 is 5.39. The summed E-state index contributed by atoms with van der Waals surface area (Å²) in [7, 11) is 0. The Labute approximate surface area is 199 Å². The Hall–Kier alpha value is -3.07. The van der Waals surface area contributed by atoms with E-state index in [1.54, 1.807) is 23.2 Å². The molecule has 168 valence electrons. The zero-order chi connectivity index (χ0) is 22.9. The lowest BCUT2D eigenvalue weighted by atomic mass is 10.0. The van der Waals surface area contributed by atoms with Gasteiger partial charge in [0.25, 0.3) is 5.91 Å². The molecule has 4 aromatic rings. The molecule has 0 unspecified atom stereocenters. The van der Waals surface area contributed by atoms with Crippen LogP contribution in [0, 0.1) is 0 Å². The van der Waals surface area contributed by atoms with Crippen molar-refractivity contribution in [3.05, 3.63) is 64.3 Å². The third-order valence-corrected chi connectivity index (χ3v) is 6.04. The summed E-state index contributed by atoms with van der Waals surface area (Å²) in [6.07, 6.45) is 1.67. The average Bonchev–Trinajstić information content (AvgIpc) is 2.83. The van der Waals surface area contributed by atoms with E-state index in [2.05, 4.69) is 20.3 Å². The van der Waals surface area contributed by atoms with E-state index in [9.17, 15) is 4.79 Å². The number of anilines is 1. The second-order valence-corrected chi connectivity index (χ2v) is 8.46. The molecule has 0 bridgehead atoms. The Balaban J connectivity index is 1.57. The molecule has 1 fully saturated rings. The van der Waals surface area contributed by atoms with Crippen molar-refractivity contribution < 1.29 is 9.53 Å². The Morgan fingerprint density at radius 2 is 1.94 bits per heavy atom. The van der Waals surface area contributed by atoms with Crippen LogP contribution in [0.25, 0.3) is 21.8 Å². The Bertz CT molecular complexity index is 1360. The van der Waals surface area contributed by atoms with Crippen molar-refractivity contribution >= 4 is 56.7 Å². The van der Waals surface area contributed by atoms with E-state index in [1.165, 1.54) is 0 Å². The van der Waals surface area contributed by atoms with Gasteiger partial charge in [-0.1, -0.05) is 23.7 Å². The van der Waals surface area contributed by atoms with Crippen LogP contribution >= 0.6 is 23.2 Å². The van der Waals surface area contributed by atoms with Gasteiger partial charge in [0, 0.05) is 24.7 Å². The number of nitrogens with zero attached hydrogens (tertiary/aromatic N) is 5. The standard InChI is InChI=1S/C23H20Cl2N6O2/c1-13(27-21-19-16(6-3-7-26-19)29-23(25)30-21)17-12-14-4-2-5-15(24)18(14)20(28-17)22(32)31-8-10-33-11-9-31/h2-7,12-13H,8-11H2,1H3,(H,27,29,30)/t13-/m0/s1. The number of hydrogen-bond acceptors (Lipinski definition) is 7. The molecular formula is C23H20Cl2N6O2. The fourth-order valence-electron chi connectivity index (χ4n) is 3.90. The fourth-order valence-corrected chi connectivity index (χ4v) is 4.35. The summed E-state index contributed by atoms with van der Waals surface area (Å²) >= 11 is 12.6. The summed E-state index contributed by atoms with van der Waals surface area (Å²) in [6, 6.07) is 10.8. The minimum absolute atomic E-state index is 0.117. The highest BCUT2D eigenvalue weighted by Gasteiger charge is 2.25. The van der Waals surface area contributed by atoms with Gasteiger partial charge in [-0.2, -0.15) is 4.98 Å². The maximum atomic E-state index is 13.4. The third-order valence-electron chi connectivity index (χ3n) is 5.55. The first-order valence-electron chi connectivity index (χ1n) is 10.5. The van der Waals surface area contributed by atoms with Crippen LogP contribution in [0.1, 0.15) is 29.1 Å². The van der Waals surface area contributed by atoms with Crippen LogP contribution in [-0.4, -0.2) is 57.0 Å². The maximum absolute atomic E-state index is 13.4. The summed E-state index contributed by atoms with van der Waals surface area (Å²) in [5.41, 5.74) is 2.23. The van der Waals surface area contributed by atoms with Crippen LogP contribution in [0.4, 0.5) is 5.82 Å². The van der Waals surface area contributed by atoms with E-state index in [-0.39, 0.29) is 17.2 Å².